The molecule has 0 aromatic carbocycles. The quantitative estimate of drug-likeness (QED) is 0.527. The van der Waals surface area contributed by atoms with Crippen LogP contribution in [-0.4, -0.2) is 17.5 Å². The van der Waals surface area contributed by atoms with Crippen molar-refractivity contribution >= 4 is 6.29 Å². The predicted molar refractivity (Wildman–Crippen MR) is 52.4 cm³/mol. The normalized spacial score (nSPS) is 31.0. The molecule has 13 heavy (non-hydrogen) atoms. The van der Waals surface area contributed by atoms with Crippen molar-refractivity contribution in [1.82, 2.24) is 0 Å². The molecule has 1 fully saturated rings. The molecule has 0 spiro atoms. The maximum Gasteiger partial charge on any atom is 0.125 e. The van der Waals surface area contributed by atoms with E-state index in [1.807, 2.05) is 13.8 Å². The molecule has 1 N–H and O–H groups in total. The van der Waals surface area contributed by atoms with Crippen molar-refractivity contribution < 1.29 is 9.90 Å². The zero-order chi connectivity index (χ0) is 9.90. The van der Waals surface area contributed by atoms with Gasteiger partial charge in [-0.3, -0.25) is 0 Å². The summed E-state index contributed by atoms with van der Waals surface area (Å²) in [6.45, 7) is 3.86. The first kappa shape index (κ1) is 10.7. The van der Waals surface area contributed by atoms with Crippen LogP contribution in [0.1, 0.15) is 46.0 Å². The third kappa shape index (κ3) is 2.53. The van der Waals surface area contributed by atoms with Crippen molar-refractivity contribution in [2.75, 3.05) is 0 Å². The molecule has 2 nitrogen and oxygen atoms in total. The average Bonchev–Trinajstić information content (AvgIpc) is 2.30. The summed E-state index contributed by atoms with van der Waals surface area (Å²) in [5.74, 6) is 0.160. The molecule has 2 atom stereocenters. The van der Waals surface area contributed by atoms with Gasteiger partial charge in [0.25, 0.3) is 0 Å². The Hall–Kier alpha value is -0.370. The van der Waals surface area contributed by atoms with Crippen LogP contribution in [0.15, 0.2) is 0 Å². The lowest BCUT2D eigenvalue weighted by Crippen LogP contribution is -2.34. The van der Waals surface area contributed by atoms with E-state index in [2.05, 4.69) is 0 Å². The molecule has 0 heterocycles. The second kappa shape index (κ2) is 4.23. The number of aliphatic hydroxyl groups excluding tert-OH is 1. The summed E-state index contributed by atoms with van der Waals surface area (Å²) in [5, 5.41) is 9.86. The van der Waals surface area contributed by atoms with E-state index in [9.17, 15) is 9.90 Å². The number of hydrogen-bond acceptors (Lipinski definition) is 2. The largest absolute Gasteiger partial charge is 0.393 e. The van der Waals surface area contributed by atoms with E-state index >= 15 is 0 Å². The van der Waals surface area contributed by atoms with E-state index in [0.29, 0.717) is 0 Å². The molecule has 76 valence electrons. The van der Waals surface area contributed by atoms with Gasteiger partial charge in [0, 0.05) is 5.41 Å². The minimum atomic E-state index is -0.357. The van der Waals surface area contributed by atoms with Crippen molar-refractivity contribution in [2.45, 2.75) is 52.1 Å². The van der Waals surface area contributed by atoms with E-state index in [1.54, 1.807) is 0 Å². The van der Waals surface area contributed by atoms with Crippen LogP contribution in [0.4, 0.5) is 0 Å². The minimum Gasteiger partial charge on any atom is -0.393 e. The summed E-state index contributed by atoms with van der Waals surface area (Å²) in [5.41, 5.74) is -0.357. The number of carbonyl (C=O) groups is 1. The lowest BCUT2D eigenvalue weighted by molar-refractivity contribution is -0.120. The van der Waals surface area contributed by atoms with Gasteiger partial charge in [-0.2, -0.15) is 0 Å². The molecule has 0 amide bonds. The first-order valence-electron chi connectivity index (χ1n) is 5.22. The lowest BCUT2D eigenvalue weighted by Gasteiger charge is -2.31. The van der Waals surface area contributed by atoms with Gasteiger partial charge in [-0.1, -0.05) is 33.1 Å². The maximum atomic E-state index is 10.9. The Balaban J connectivity index is 2.69. The van der Waals surface area contributed by atoms with Gasteiger partial charge in [-0.25, -0.2) is 0 Å². The Morgan fingerprint density at radius 3 is 2.46 bits per heavy atom. The smallest absolute Gasteiger partial charge is 0.125 e. The Morgan fingerprint density at radius 1 is 1.23 bits per heavy atom. The fourth-order valence-electron chi connectivity index (χ4n) is 2.24. The van der Waals surface area contributed by atoms with Crippen molar-refractivity contribution in [3.05, 3.63) is 0 Å². The molecule has 2 heteroatoms. The Bertz CT molecular complexity index is 175. The van der Waals surface area contributed by atoms with Crippen LogP contribution in [0.3, 0.4) is 0 Å². The van der Waals surface area contributed by atoms with Gasteiger partial charge in [0.05, 0.1) is 6.10 Å². The summed E-state index contributed by atoms with van der Waals surface area (Å²) in [6.07, 6.45) is 6.03. The molecule has 0 aromatic heterocycles. The number of aldehydes is 1. The van der Waals surface area contributed by atoms with Crippen molar-refractivity contribution in [1.29, 1.82) is 0 Å². The fourth-order valence-corrected chi connectivity index (χ4v) is 2.24. The number of aliphatic hydroxyl groups is 1. The summed E-state index contributed by atoms with van der Waals surface area (Å²) in [6, 6.07) is 0. The lowest BCUT2D eigenvalue weighted by atomic mass is 9.74. The molecule has 0 saturated heterocycles. The third-order valence-corrected chi connectivity index (χ3v) is 3.24. The maximum absolute atomic E-state index is 10.9. The van der Waals surface area contributed by atoms with Crippen molar-refractivity contribution in [3.8, 4) is 0 Å². The minimum absolute atomic E-state index is 0.160. The van der Waals surface area contributed by atoms with E-state index in [-0.39, 0.29) is 17.4 Å². The highest BCUT2D eigenvalue weighted by atomic mass is 16.3. The topological polar surface area (TPSA) is 37.3 Å². The van der Waals surface area contributed by atoms with Gasteiger partial charge in [-0.15, -0.1) is 0 Å². The van der Waals surface area contributed by atoms with Gasteiger partial charge in [0.15, 0.2) is 0 Å². The van der Waals surface area contributed by atoms with Gasteiger partial charge in [-0.05, 0) is 18.8 Å². The monoisotopic (exact) mass is 184 g/mol. The van der Waals surface area contributed by atoms with Crippen LogP contribution in [-0.2, 0) is 4.79 Å². The number of rotatable bonds is 2. The Morgan fingerprint density at radius 2 is 1.85 bits per heavy atom. The van der Waals surface area contributed by atoms with E-state index in [0.717, 1.165) is 32.0 Å². The van der Waals surface area contributed by atoms with Crippen molar-refractivity contribution in [2.24, 2.45) is 11.3 Å². The molecule has 2 unspecified atom stereocenters. The molecule has 1 saturated carbocycles. The van der Waals surface area contributed by atoms with Crippen LogP contribution < -0.4 is 0 Å². The standard InChI is InChI=1S/C11H20O2/c1-11(2,8-12)9-6-4-3-5-7-10(9)13/h8-10,13H,3-7H2,1-2H3. The summed E-state index contributed by atoms with van der Waals surface area (Å²) < 4.78 is 0. The average molecular weight is 184 g/mol. The first-order chi connectivity index (χ1) is 6.08. The molecule has 1 aliphatic rings. The molecular weight excluding hydrogens is 164 g/mol. The van der Waals surface area contributed by atoms with Gasteiger partial charge in [0.2, 0.25) is 0 Å². The van der Waals surface area contributed by atoms with Crippen molar-refractivity contribution in [3.63, 3.8) is 0 Å². The second-order valence-electron chi connectivity index (χ2n) is 4.75. The molecule has 1 aliphatic carbocycles. The molecule has 0 aromatic rings. The fraction of sp³-hybridized carbons (Fsp3) is 0.909. The van der Waals surface area contributed by atoms with Crippen LogP contribution in [0, 0.1) is 11.3 Å². The highest BCUT2D eigenvalue weighted by Crippen LogP contribution is 2.35. The molecule has 0 aliphatic heterocycles. The van der Waals surface area contributed by atoms with E-state index in [1.165, 1.54) is 6.42 Å². The van der Waals surface area contributed by atoms with Crippen LogP contribution in [0.5, 0.6) is 0 Å². The van der Waals surface area contributed by atoms with Gasteiger partial charge in [0.1, 0.15) is 6.29 Å². The number of carbonyl (C=O) groups excluding carboxylic acids is 1. The van der Waals surface area contributed by atoms with E-state index < -0.39 is 0 Å². The SMILES string of the molecule is CC(C)(C=O)C1CCCCCC1O. The summed E-state index contributed by atoms with van der Waals surface area (Å²) >= 11 is 0. The predicted octanol–water partition coefficient (Wildman–Crippen LogP) is 2.15. The third-order valence-electron chi connectivity index (χ3n) is 3.24. The molecule has 0 bridgehead atoms. The van der Waals surface area contributed by atoms with E-state index in [4.69, 9.17) is 0 Å². The number of hydrogen-bond donors (Lipinski definition) is 1. The Labute approximate surface area is 80.3 Å². The Kier molecular flexibility index (Phi) is 3.48. The zero-order valence-electron chi connectivity index (χ0n) is 8.62. The summed E-state index contributed by atoms with van der Waals surface area (Å²) in [7, 11) is 0. The molecular formula is C11H20O2. The summed E-state index contributed by atoms with van der Waals surface area (Å²) in [4.78, 5) is 10.9. The van der Waals surface area contributed by atoms with Crippen LogP contribution >= 0.6 is 0 Å². The molecule has 1 rings (SSSR count). The van der Waals surface area contributed by atoms with Gasteiger partial charge < -0.3 is 9.90 Å². The zero-order valence-corrected chi connectivity index (χ0v) is 8.62. The van der Waals surface area contributed by atoms with Crippen LogP contribution in [0.2, 0.25) is 0 Å². The highest BCUT2D eigenvalue weighted by Gasteiger charge is 2.34. The molecule has 0 radical (unpaired) electrons. The first-order valence-corrected chi connectivity index (χ1v) is 5.22. The highest BCUT2D eigenvalue weighted by molar-refractivity contribution is 5.58. The van der Waals surface area contributed by atoms with Gasteiger partial charge >= 0.3 is 0 Å². The second-order valence-corrected chi connectivity index (χ2v) is 4.75. The van der Waals surface area contributed by atoms with Crippen LogP contribution in [0.25, 0.3) is 0 Å².